The average molecular weight is 378 g/mol. The van der Waals surface area contributed by atoms with Gasteiger partial charge in [-0.3, -0.25) is 0 Å². The maximum absolute atomic E-state index is 12.9. The van der Waals surface area contributed by atoms with Gasteiger partial charge < -0.3 is 10.4 Å². The molecule has 0 unspecified atom stereocenters. The molecule has 0 aromatic carbocycles. The van der Waals surface area contributed by atoms with Crippen LogP contribution in [0, 0.1) is 0 Å². The molecule has 8 heteroatoms. The third-order valence-corrected chi connectivity index (χ3v) is 5.95. The number of hydrogen-bond acceptors (Lipinski definition) is 5. The normalized spacial score (nSPS) is 16.0. The van der Waals surface area contributed by atoms with Crippen LogP contribution in [0.3, 0.4) is 0 Å². The number of nitrogens with zero attached hydrogens (tertiary/aromatic N) is 2. The van der Waals surface area contributed by atoms with E-state index < -0.39 is 10.0 Å². The monoisotopic (exact) mass is 377 g/mol. The van der Waals surface area contributed by atoms with Crippen LogP contribution in [0.1, 0.15) is 26.2 Å². The molecule has 1 aliphatic carbocycles. The van der Waals surface area contributed by atoms with E-state index in [0.29, 0.717) is 16.8 Å². The first-order chi connectivity index (χ1) is 10.0. The maximum atomic E-state index is 12.9. The van der Waals surface area contributed by atoms with E-state index in [1.807, 2.05) is 6.92 Å². The largest absolute Gasteiger partial charge is 0.395 e. The highest BCUT2D eigenvalue weighted by Crippen LogP contribution is 2.32. The van der Waals surface area contributed by atoms with Crippen molar-refractivity contribution in [3.63, 3.8) is 0 Å². The summed E-state index contributed by atoms with van der Waals surface area (Å²) in [4.78, 5) is 4.31. The Kier molecular flexibility index (Phi) is 5.59. The lowest BCUT2D eigenvalue weighted by atomic mass is 9.93. The molecule has 1 heterocycles. The molecule has 0 saturated heterocycles. The summed E-state index contributed by atoms with van der Waals surface area (Å²) in [5.74, 6) is 0.350. The molecule has 2 N–H and O–H groups in total. The highest BCUT2D eigenvalue weighted by molar-refractivity contribution is 9.10. The van der Waals surface area contributed by atoms with Crippen molar-refractivity contribution in [3.05, 3.63) is 16.7 Å². The third kappa shape index (κ3) is 3.56. The minimum atomic E-state index is -3.68. The fraction of sp³-hybridized carbons (Fsp3) is 0.615. The van der Waals surface area contributed by atoms with Crippen LogP contribution in [-0.2, 0) is 10.0 Å². The van der Waals surface area contributed by atoms with Gasteiger partial charge in [0, 0.05) is 29.8 Å². The second-order valence-electron chi connectivity index (χ2n) is 4.95. The van der Waals surface area contributed by atoms with Gasteiger partial charge in [-0.05, 0) is 41.8 Å². The maximum Gasteiger partial charge on any atom is 0.247 e. The zero-order valence-corrected chi connectivity index (χ0v) is 14.3. The van der Waals surface area contributed by atoms with Crippen LogP contribution in [0.15, 0.2) is 21.6 Å². The number of pyridine rings is 1. The van der Waals surface area contributed by atoms with E-state index in [1.54, 1.807) is 12.3 Å². The van der Waals surface area contributed by atoms with Gasteiger partial charge in [-0.15, -0.1) is 0 Å². The van der Waals surface area contributed by atoms with Crippen LogP contribution >= 0.6 is 15.9 Å². The number of aliphatic hydroxyl groups is 1. The highest BCUT2D eigenvalue weighted by atomic mass is 79.9. The van der Waals surface area contributed by atoms with E-state index in [0.717, 1.165) is 19.3 Å². The van der Waals surface area contributed by atoms with Crippen molar-refractivity contribution in [3.8, 4) is 0 Å². The molecule has 1 aliphatic rings. The summed E-state index contributed by atoms with van der Waals surface area (Å²) in [6, 6.07) is 1.54. The van der Waals surface area contributed by atoms with E-state index >= 15 is 0 Å². The predicted molar refractivity (Wildman–Crippen MR) is 84.7 cm³/mol. The fourth-order valence-corrected chi connectivity index (χ4v) is 4.62. The number of sulfonamides is 1. The molecular formula is C13H20BrN3O3S. The zero-order chi connectivity index (χ0) is 15.5. The van der Waals surface area contributed by atoms with Gasteiger partial charge in [-0.2, -0.15) is 4.31 Å². The Morgan fingerprint density at radius 3 is 2.76 bits per heavy atom. The summed E-state index contributed by atoms with van der Waals surface area (Å²) in [6.45, 7) is 2.40. The third-order valence-electron chi connectivity index (χ3n) is 3.55. The summed E-state index contributed by atoms with van der Waals surface area (Å²) in [7, 11) is -3.68. The van der Waals surface area contributed by atoms with Crippen molar-refractivity contribution in [1.82, 2.24) is 9.29 Å². The Morgan fingerprint density at radius 2 is 2.24 bits per heavy atom. The molecule has 0 spiro atoms. The minimum absolute atomic E-state index is 0.0180. The number of hydrogen-bond donors (Lipinski definition) is 2. The summed E-state index contributed by atoms with van der Waals surface area (Å²) in [5.41, 5.74) is 0. The smallest absolute Gasteiger partial charge is 0.247 e. The quantitative estimate of drug-likeness (QED) is 0.756. The number of anilines is 1. The molecular weight excluding hydrogens is 358 g/mol. The van der Waals surface area contributed by atoms with E-state index in [-0.39, 0.29) is 24.1 Å². The van der Waals surface area contributed by atoms with E-state index in [2.05, 4.69) is 26.2 Å². The predicted octanol–water partition coefficient (Wildman–Crippen LogP) is 1.81. The highest BCUT2D eigenvalue weighted by Gasteiger charge is 2.36. The molecule has 21 heavy (non-hydrogen) atoms. The summed E-state index contributed by atoms with van der Waals surface area (Å²) < 4.78 is 27.9. The number of nitrogens with one attached hydrogen (secondary N) is 1. The van der Waals surface area contributed by atoms with Gasteiger partial charge >= 0.3 is 0 Å². The number of rotatable bonds is 7. The lowest BCUT2D eigenvalue weighted by Gasteiger charge is -2.36. The molecule has 2 rings (SSSR count). The standard InChI is InChI=1S/C13H20BrN3O3S/c1-2-15-13-12(8-10(14)9-16-13)21(19,20)17(6-7-18)11-4-3-5-11/h8-9,11,18H,2-7H2,1H3,(H,15,16). The molecule has 1 aromatic heterocycles. The molecule has 118 valence electrons. The van der Waals surface area contributed by atoms with Crippen LogP contribution in [-0.4, -0.2) is 48.6 Å². The second kappa shape index (κ2) is 7.04. The first-order valence-corrected chi connectivity index (χ1v) is 9.26. The Morgan fingerprint density at radius 1 is 1.52 bits per heavy atom. The molecule has 0 aliphatic heterocycles. The van der Waals surface area contributed by atoms with Crippen molar-refractivity contribution in [1.29, 1.82) is 0 Å². The molecule has 0 bridgehead atoms. The Hall–Kier alpha value is -0.700. The van der Waals surface area contributed by atoms with Crippen molar-refractivity contribution in [2.45, 2.75) is 37.1 Å². The molecule has 0 amide bonds. The van der Waals surface area contributed by atoms with Gasteiger partial charge in [0.15, 0.2) is 0 Å². The van der Waals surface area contributed by atoms with Crippen molar-refractivity contribution in [2.24, 2.45) is 0 Å². The van der Waals surface area contributed by atoms with Gasteiger partial charge in [0.1, 0.15) is 10.7 Å². The van der Waals surface area contributed by atoms with Crippen LogP contribution < -0.4 is 5.32 Å². The van der Waals surface area contributed by atoms with Crippen LogP contribution in [0.25, 0.3) is 0 Å². The van der Waals surface area contributed by atoms with Gasteiger partial charge in [0.2, 0.25) is 10.0 Å². The Bertz CT molecular complexity index is 590. The molecule has 0 radical (unpaired) electrons. The fourth-order valence-electron chi connectivity index (χ4n) is 2.32. The van der Waals surface area contributed by atoms with E-state index in [9.17, 15) is 13.5 Å². The lowest BCUT2D eigenvalue weighted by Crippen LogP contribution is -2.45. The van der Waals surface area contributed by atoms with E-state index in [1.165, 1.54) is 4.31 Å². The number of aliphatic hydroxyl groups excluding tert-OH is 1. The Balaban J connectivity index is 2.43. The molecule has 1 aromatic rings. The summed E-state index contributed by atoms with van der Waals surface area (Å²) >= 11 is 3.27. The second-order valence-corrected chi connectivity index (χ2v) is 7.73. The number of halogens is 1. The topological polar surface area (TPSA) is 82.5 Å². The lowest BCUT2D eigenvalue weighted by molar-refractivity contribution is 0.178. The van der Waals surface area contributed by atoms with Crippen LogP contribution in [0.2, 0.25) is 0 Å². The molecule has 6 nitrogen and oxygen atoms in total. The van der Waals surface area contributed by atoms with Gasteiger partial charge in [-0.25, -0.2) is 13.4 Å². The van der Waals surface area contributed by atoms with Crippen LogP contribution in [0.4, 0.5) is 5.82 Å². The number of aromatic nitrogens is 1. The minimum Gasteiger partial charge on any atom is -0.395 e. The molecule has 1 saturated carbocycles. The first-order valence-electron chi connectivity index (χ1n) is 7.02. The zero-order valence-electron chi connectivity index (χ0n) is 11.9. The van der Waals surface area contributed by atoms with Crippen LogP contribution in [0.5, 0.6) is 0 Å². The summed E-state index contributed by atoms with van der Waals surface area (Å²) in [5, 5.41) is 12.2. The molecule has 1 fully saturated rings. The van der Waals surface area contributed by atoms with Crippen molar-refractivity contribution < 1.29 is 13.5 Å². The van der Waals surface area contributed by atoms with Gasteiger partial charge in [0.05, 0.1) is 6.61 Å². The molecule has 0 atom stereocenters. The summed E-state index contributed by atoms with van der Waals surface area (Å²) in [6.07, 6.45) is 4.28. The average Bonchev–Trinajstić information content (AvgIpc) is 2.38. The Labute approximate surface area is 133 Å². The SMILES string of the molecule is CCNc1ncc(Br)cc1S(=O)(=O)N(CCO)C1CCC1. The first kappa shape index (κ1) is 16.7. The van der Waals surface area contributed by atoms with Gasteiger partial charge in [0.25, 0.3) is 0 Å². The van der Waals surface area contributed by atoms with Gasteiger partial charge in [-0.1, -0.05) is 6.42 Å². The van der Waals surface area contributed by atoms with Crippen molar-refractivity contribution in [2.75, 3.05) is 25.0 Å². The van der Waals surface area contributed by atoms with E-state index in [4.69, 9.17) is 0 Å². The van der Waals surface area contributed by atoms with Crippen molar-refractivity contribution >= 4 is 31.8 Å².